The molecule has 0 saturated carbocycles. The summed E-state index contributed by atoms with van der Waals surface area (Å²) in [5.41, 5.74) is 2.98. The van der Waals surface area contributed by atoms with Crippen molar-refractivity contribution in [2.24, 2.45) is 4.99 Å². The van der Waals surface area contributed by atoms with Crippen LogP contribution in [-0.4, -0.2) is 45.7 Å². The summed E-state index contributed by atoms with van der Waals surface area (Å²) in [5.74, 6) is 0.699. The number of hydrogen-bond donors (Lipinski definition) is 3. The van der Waals surface area contributed by atoms with Gasteiger partial charge >= 0.3 is 0 Å². The molecule has 0 fully saturated rings. The summed E-state index contributed by atoms with van der Waals surface area (Å²) < 4.78 is 5.89. The lowest BCUT2D eigenvalue weighted by Gasteiger charge is -2.15. The molecule has 2 aromatic rings. The number of ether oxygens (including phenoxy) is 1. The average molecular weight is 524 g/mol. The van der Waals surface area contributed by atoms with Crippen molar-refractivity contribution in [3.05, 3.63) is 71.3 Å². The van der Waals surface area contributed by atoms with E-state index in [2.05, 4.69) is 40.0 Å². The second kappa shape index (κ2) is 14.8. The monoisotopic (exact) mass is 524 g/mol. The summed E-state index contributed by atoms with van der Waals surface area (Å²) >= 11 is 0. The van der Waals surface area contributed by atoms with Crippen LogP contribution in [0.15, 0.2) is 59.6 Å². The fourth-order valence-electron chi connectivity index (χ4n) is 2.92. The number of nitrogens with zero attached hydrogens (tertiary/aromatic N) is 1. The molecule has 0 aliphatic heterocycles. The molecule has 0 aliphatic rings. The normalized spacial score (nSPS) is 11.9. The molecule has 164 valence electrons. The molecule has 3 N–H and O–H groups in total. The molecular formula is C23H33IN4O2. The quantitative estimate of drug-likeness (QED) is 0.193. The Morgan fingerprint density at radius 1 is 1.07 bits per heavy atom. The lowest BCUT2D eigenvalue weighted by atomic mass is 10.1. The van der Waals surface area contributed by atoms with E-state index in [1.165, 1.54) is 5.56 Å². The third-order valence-corrected chi connectivity index (χ3v) is 4.60. The highest BCUT2D eigenvalue weighted by Gasteiger charge is 2.05. The van der Waals surface area contributed by atoms with E-state index in [4.69, 9.17) is 4.74 Å². The lowest BCUT2D eigenvalue weighted by Crippen LogP contribution is -2.39. The molecule has 0 aliphatic carbocycles. The fraction of sp³-hybridized carbons (Fsp3) is 0.391. The number of carbonyl (C=O) groups excluding carboxylic acids is 1. The zero-order valence-corrected chi connectivity index (χ0v) is 20.3. The van der Waals surface area contributed by atoms with Crippen molar-refractivity contribution in [3.63, 3.8) is 0 Å². The Morgan fingerprint density at radius 2 is 1.80 bits per heavy atom. The molecule has 0 radical (unpaired) electrons. The van der Waals surface area contributed by atoms with Crippen LogP contribution in [0.25, 0.3) is 0 Å². The summed E-state index contributed by atoms with van der Waals surface area (Å²) in [5, 5.41) is 9.25. The second-order valence-electron chi connectivity index (χ2n) is 6.73. The SMILES string of the molecule is CN=C(NCCCOC(C)c1ccccc1)NCCc1cccc(C(=O)NC)c1.I. The van der Waals surface area contributed by atoms with E-state index < -0.39 is 0 Å². The lowest BCUT2D eigenvalue weighted by molar-refractivity contribution is 0.0646. The van der Waals surface area contributed by atoms with Crippen molar-refractivity contribution in [2.75, 3.05) is 33.8 Å². The van der Waals surface area contributed by atoms with Crippen LogP contribution in [0.3, 0.4) is 0 Å². The van der Waals surface area contributed by atoms with E-state index in [1.807, 2.05) is 42.5 Å². The molecule has 0 bridgehead atoms. The third-order valence-electron chi connectivity index (χ3n) is 4.60. The minimum atomic E-state index is -0.0684. The maximum absolute atomic E-state index is 11.7. The molecule has 2 aromatic carbocycles. The van der Waals surface area contributed by atoms with Gasteiger partial charge in [0.15, 0.2) is 5.96 Å². The van der Waals surface area contributed by atoms with Crippen molar-refractivity contribution in [1.82, 2.24) is 16.0 Å². The number of nitrogens with one attached hydrogen (secondary N) is 3. The van der Waals surface area contributed by atoms with Gasteiger partial charge in [-0.3, -0.25) is 9.79 Å². The Kier molecular flexibility index (Phi) is 12.8. The van der Waals surface area contributed by atoms with Gasteiger partial charge in [0.2, 0.25) is 0 Å². The van der Waals surface area contributed by atoms with Gasteiger partial charge in [-0.05, 0) is 43.0 Å². The summed E-state index contributed by atoms with van der Waals surface area (Å²) in [6, 6.07) is 17.9. The Hall–Kier alpha value is -2.13. The van der Waals surface area contributed by atoms with Gasteiger partial charge in [0.25, 0.3) is 5.91 Å². The average Bonchev–Trinajstić information content (AvgIpc) is 2.77. The van der Waals surface area contributed by atoms with Gasteiger partial charge in [0.1, 0.15) is 0 Å². The topological polar surface area (TPSA) is 74.8 Å². The van der Waals surface area contributed by atoms with Crippen molar-refractivity contribution >= 4 is 35.8 Å². The zero-order chi connectivity index (χ0) is 20.9. The Bertz CT molecular complexity index is 784. The molecular weight excluding hydrogens is 491 g/mol. The van der Waals surface area contributed by atoms with E-state index in [0.717, 1.165) is 37.5 Å². The summed E-state index contributed by atoms with van der Waals surface area (Å²) in [4.78, 5) is 16.0. The van der Waals surface area contributed by atoms with Crippen LogP contribution in [0.2, 0.25) is 0 Å². The molecule has 0 aromatic heterocycles. The molecule has 0 heterocycles. The molecule has 1 atom stereocenters. The van der Waals surface area contributed by atoms with Gasteiger partial charge in [-0.1, -0.05) is 42.5 Å². The first-order chi connectivity index (χ1) is 14.1. The van der Waals surface area contributed by atoms with E-state index in [-0.39, 0.29) is 36.0 Å². The Labute approximate surface area is 196 Å². The van der Waals surface area contributed by atoms with Crippen LogP contribution >= 0.6 is 24.0 Å². The standard InChI is InChI=1S/C23H32N4O2.HI/c1-18(20-10-5-4-6-11-20)29-16-8-14-26-23(25-3)27-15-13-19-9-7-12-21(17-19)22(28)24-2;/h4-7,9-12,17-18H,8,13-16H2,1-3H3,(H,24,28)(H2,25,26,27);1H. The molecule has 30 heavy (non-hydrogen) atoms. The maximum atomic E-state index is 11.7. The number of guanidine groups is 1. The minimum Gasteiger partial charge on any atom is -0.374 e. The molecule has 2 rings (SSSR count). The van der Waals surface area contributed by atoms with Crippen molar-refractivity contribution < 1.29 is 9.53 Å². The van der Waals surface area contributed by atoms with Crippen LogP contribution in [0.1, 0.15) is 40.9 Å². The number of benzene rings is 2. The first-order valence-electron chi connectivity index (χ1n) is 10.1. The van der Waals surface area contributed by atoms with Crippen molar-refractivity contribution in [2.45, 2.75) is 25.9 Å². The number of rotatable bonds is 10. The Morgan fingerprint density at radius 3 is 2.50 bits per heavy atom. The predicted octanol–water partition coefficient (Wildman–Crippen LogP) is 3.54. The highest BCUT2D eigenvalue weighted by Crippen LogP contribution is 2.15. The van der Waals surface area contributed by atoms with E-state index >= 15 is 0 Å². The predicted molar refractivity (Wildman–Crippen MR) is 134 cm³/mol. The van der Waals surface area contributed by atoms with Gasteiger partial charge in [-0.2, -0.15) is 0 Å². The van der Waals surface area contributed by atoms with Crippen molar-refractivity contribution in [1.29, 1.82) is 0 Å². The van der Waals surface area contributed by atoms with E-state index in [9.17, 15) is 4.79 Å². The molecule has 1 unspecified atom stereocenters. The maximum Gasteiger partial charge on any atom is 0.251 e. The molecule has 7 heteroatoms. The smallest absolute Gasteiger partial charge is 0.251 e. The number of hydrogen-bond acceptors (Lipinski definition) is 3. The number of carbonyl (C=O) groups is 1. The van der Waals surface area contributed by atoms with E-state index in [1.54, 1.807) is 14.1 Å². The van der Waals surface area contributed by atoms with Crippen molar-refractivity contribution in [3.8, 4) is 0 Å². The van der Waals surface area contributed by atoms with Crippen LogP contribution < -0.4 is 16.0 Å². The minimum absolute atomic E-state index is 0. The highest BCUT2D eigenvalue weighted by atomic mass is 127. The zero-order valence-electron chi connectivity index (χ0n) is 18.0. The largest absolute Gasteiger partial charge is 0.374 e. The second-order valence-corrected chi connectivity index (χ2v) is 6.73. The van der Waals surface area contributed by atoms with Gasteiger partial charge in [-0.15, -0.1) is 24.0 Å². The van der Waals surface area contributed by atoms with Gasteiger partial charge in [0.05, 0.1) is 6.10 Å². The van der Waals surface area contributed by atoms with Crippen LogP contribution in [-0.2, 0) is 11.2 Å². The number of halogens is 1. The molecule has 0 saturated heterocycles. The summed E-state index contributed by atoms with van der Waals surface area (Å²) in [6.07, 6.45) is 1.80. The van der Waals surface area contributed by atoms with Gasteiger partial charge in [-0.25, -0.2) is 0 Å². The van der Waals surface area contributed by atoms with Gasteiger partial charge < -0.3 is 20.7 Å². The number of amides is 1. The van der Waals surface area contributed by atoms with Gasteiger partial charge in [0, 0.05) is 39.4 Å². The molecule has 1 amide bonds. The van der Waals surface area contributed by atoms with Crippen LogP contribution in [0.5, 0.6) is 0 Å². The van der Waals surface area contributed by atoms with Crippen LogP contribution in [0.4, 0.5) is 0 Å². The number of aliphatic imine (C=N–C) groups is 1. The summed E-state index contributed by atoms with van der Waals surface area (Å²) in [6.45, 7) is 4.28. The fourth-order valence-corrected chi connectivity index (χ4v) is 2.92. The first-order valence-corrected chi connectivity index (χ1v) is 10.1. The first kappa shape index (κ1) is 25.9. The summed E-state index contributed by atoms with van der Waals surface area (Å²) in [7, 11) is 3.40. The van der Waals surface area contributed by atoms with E-state index in [0.29, 0.717) is 12.2 Å². The Balaban J connectivity index is 0.00000450. The molecule has 6 nitrogen and oxygen atoms in total. The van der Waals surface area contributed by atoms with Crippen LogP contribution in [0, 0.1) is 0 Å². The third kappa shape index (κ3) is 9.13. The highest BCUT2D eigenvalue weighted by molar-refractivity contribution is 14.0. The molecule has 0 spiro atoms.